The molecule has 1 heterocycles. The number of aromatic nitrogens is 1. The highest BCUT2D eigenvalue weighted by molar-refractivity contribution is 14.1. The number of fused-ring (bicyclic) bond motifs is 1. The zero-order chi connectivity index (χ0) is 16.2. The van der Waals surface area contributed by atoms with Crippen molar-refractivity contribution in [2.24, 2.45) is 0 Å². The highest BCUT2D eigenvalue weighted by Crippen LogP contribution is 2.20. The molecule has 0 spiro atoms. The summed E-state index contributed by atoms with van der Waals surface area (Å²) in [5.74, 6) is -0.903. The van der Waals surface area contributed by atoms with Gasteiger partial charge in [-0.1, -0.05) is 12.1 Å². The summed E-state index contributed by atoms with van der Waals surface area (Å²) in [5.41, 5.74) is 3.65. The molecule has 0 bridgehead atoms. The standard InChI is InChI=1S/C16H11IN2O3S/c17-11-3-1-2-4-12(11)19-15(20)8-22-16(21)10-5-6-13-14(7-10)23-9-18-13/h1-7,9H,8H2,(H,19,20). The quantitative estimate of drug-likeness (QED) is 0.499. The van der Waals surface area contributed by atoms with Crippen molar-refractivity contribution in [1.29, 1.82) is 0 Å². The molecular formula is C16H11IN2O3S. The van der Waals surface area contributed by atoms with Gasteiger partial charge in [-0.2, -0.15) is 0 Å². The van der Waals surface area contributed by atoms with Gasteiger partial charge in [0.25, 0.3) is 5.91 Å². The molecule has 116 valence electrons. The maximum Gasteiger partial charge on any atom is 0.338 e. The molecule has 0 unspecified atom stereocenters. The van der Waals surface area contributed by atoms with E-state index in [1.54, 1.807) is 29.8 Å². The number of carbonyl (C=O) groups is 2. The fourth-order valence-corrected chi connectivity index (χ4v) is 3.18. The SMILES string of the molecule is O=C(COC(=O)c1ccc2ncsc2c1)Nc1ccccc1I. The highest BCUT2D eigenvalue weighted by Gasteiger charge is 2.12. The van der Waals surface area contributed by atoms with E-state index in [0.717, 1.165) is 13.8 Å². The number of halogens is 1. The van der Waals surface area contributed by atoms with Crippen molar-refractivity contribution >= 4 is 61.7 Å². The summed E-state index contributed by atoms with van der Waals surface area (Å²) in [4.78, 5) is 28.0. The van der Waals surface area contributed by atoms with Crippen LogP contribution in [0.5, 0.6) is 0 Å². The van der Waals surface area contributed by atoms with E-state index in [1.165, 1.54) is 11.3 Å². The normalized spacial score (nSPS) is 10.5. The fourth-order valence-electron chi connectivity index (χ4n) is 1.95. The van der Waals surface area contributed by atoms with E-state index < -0.39 is 5.97 Å². The summed E-state index contributed by atoms with van der Waals surface area (Å²) in [6.07, 6.45) is 0. The molecule has 0 aliphatic carbocycles. The third kappa shape index (κ3) is 3.85. The Hall–Kier alpha value is -2.00. The topological polar surface area (TPSA) is 68.3 Å². The summed E-state index contributed by atoms with van der Waals surface area (Å²) in [6.45, 7) is -0.329. The third-order valence-electron chi connectivity index (χ3n) is 3.05. The number of hydrogen-bond donors (Lipinski definition) is 1. The van der Waals surface area contributed by atoms with Gasteiger partial charge in [-0.15, -0.1) is 11.3 Å². The van der Waals surface area contributed by atoms with Crippen molar-refractivity contribution in [3.63, 3.8) is 0 Å². The molecule has 1 N–H and O–H groups in total. The maximum absolute atomic E-state index is 12.0. The summed E-state index contributed by atoms with van der Waals surface area (Å²) in [7, 11) is 0. The van der Waals surface area contributed by atoms with Gasteiger partial charge in [0.1, 0.15) is 0 Å². The lowest BCUT2D eigenvalue weighted by Gasteiger charge is -2.08. The molecule has 0 aliphatic rings. The van der Waals surface area contributed by atoms with Gasteiger partial charge in [0.05, 0.1) is 27.0 Å². The van der Waals surface area contributed by atoms with Crippen LogP contribution in [0.2, 0.25) is 0 Å². The van der Waals surface area contributed by atoms with Crippen molar-refractivity contribution in [2.45, 2.75) is 0 Å². The van der Waals surface area contributed by atoms with Crippen molar-refractivity contribution in [3.8, 4) is 0 Å². The Kier molecular flexibility index (Phi) is 4.87. The van der Waals surface area contributed by atoms with Crippen molar-refractivity contribution in [3.05, 3.63) is 57.1 Å². The molecule has 7 heteroatoms. The molecule has 0 aliphatic heterocycles. The van der Waals surface area contributed by atoms with Crippen LogP contribution in [0, 0.1) is 3.57 Å². The zero-order valence-corrected chi connectivity index (χ0v) is 14.8. The summed E-state index contributed by atoms with van der Waals surface area (Å²) >= 11 is 3.57. The molecule has 0 saturated carbocycles. The molecule has 1 amide bonds. The number of esters is 1. The lowest BCUT2D eigenvalue weighted by atomic mass is 10.2. The monoisotopic (exact) mass is 438 g/mol. The van der Waals surface area contributed by atoms with Crippen molar-refractivity contribution < 1.29 is 14.3 Å². The first-order chi connectivity index (χ1) is 11.1. The number of hydrogen-bond acceptors (Lipinski definition) is 5. The van der Waals surface area contributed by atoms with E-state index in [0.29, 0.717) is 11.3 Å². The molecular weight excluding hydrogens is 427 g/mol. The molecule has 1 aromatic heterocycles. The predicted octanol–water partition coefficient (Wildman–Crippen LogP) is 3.70. The molecule has 2 aromatic carbocycles. The van der Waals surface area contributed by atoms with Crippen LogP contribution < -0.4 is 5.32 Å². The molecule has 0 radical (unpaired) electrons. The Morgan fingerprint density at radius 1 is 1.22 bits per heavy atom. The number of amides is 1. The smallest absolute Gasteiger partial charge is 0.338 e. The average Bonchev–Trinajstić information content (AvgIpc) is 3.02. The van der Waals surface area contributed by atoms with Gasteiger partial charge in [0.2, 0.25) is 0 Å². The van der Waals surface area contributed by atoms with Crippen LogP contribution in [0.1, 0.15) is 10.4 Å². The van der Waals surface area contributed by atoms with Crippen LogP contribution in [0.4, 0.5) is 5.69 Å². The Morgan fingerprint density at radius 2 is 2.04 bits per heavy atom. The molecule has 3 rings (SSSR count). The van der Waals surface area contributed by atoms with E-state index in [-0.39, 0.29) is 12.5 Å². The Morgan fingerprint density at radius 3 is 2.87 bits per heavy atom. The fraction of sp³-hybridized carbons (Fsp3) is 0.0625. The van der Waals surface area contributed by atoms with Crippen LogP contribution in [0.25, 0.3) is 10.2 Å². The predicted molar refractivity (Wildman–Crippen MR) is 97.7 cm³/mol. The lowest BCUT2D eigenvalue weighted by Crippen LogP contribution is -2.21. The van der Waals surface area contributed by atoms with Crippen molar-refractivity contribution in [1.82, 2.24) is 4.98 Å². The lowest BCUT2D eigenvalue weighted by molar-refractivity contribution is -0.119. The summed E-state index contributed by atoms with van der Waals surface area (Å²) < 4.78 is 6.88. The van der Waals surface area contributed by atoms with E-state index in [4.69, 9.17) is 4.74 Å². The number of nitrogens with zero attached hydrogens (tertiary/aromatic N) is 1. The van der Waals surface area contributed by atoms with Crippen LogP contribution in [-0.2, 0) is 9.53 Å². The van der Waals surface area contributed by atoms with E-state index in [2.05, 4.69) is 32.9 Å². The van der Waals surface area contributed by atoms with Crippen LogP contribution in [-0.4, -0.2) is 23.5 Å². The second-order valence-electron chi connectivity index (χ2n) is 4.64. The van der Waals surface area contributed by atoms with Gasteiger partial charge in [-0.3, -0.25) is 4.79 Å². The van der Waals surface area contributed by atoms with E-state index in [1.807, 2.05) is 18.2 Å². The first-order valence-corrected chi connectivity index (χ1v) is 8.64. The minimum Gasteiger partial charge on any atom is -0.452 e. The average molecular weight is 438 g/mol. The summed E-state index contributed by atoms with van der Waals surface area (Å²) in [5, 5.41) is 2.71. The minimum absolute atomic E-state index is 0.329. The number of anilines is 1. The van der Waals surface area contributed by atoms with Crippen molar-refractivity contribution in [2.75, 3.05) is 11.9 Å². The highest BCUT2D eigenvalue weighted by atomic mass is 127. The van der Waals surface area contributed by atoms with Crippen LogP contribution in [0.15, 0.2) is 48.0 Å². The van der Waals surface area contributed by atoms with E-state index >= 15 is 0 Å². The van der Waals surface area contributed by atoms with Crippen LogP contribution in [0.3, 0.4) is 0 Å². The Balaban J connectivity index is 1.60. The second-order valence-corrected chi connectivity index (χ2v) is 6.69. The van der Waals surface area contributed by atoms with Gasteiger partial charge in [-0.05, 0) is 52.9 Å². The molecule has 0 atom stereocenters. The number of thiazole rings is 1. The van der Waals surface area contributed by atoms with Gasteiger partial charge >= 0.3 is 5.97 Å². The number of nitrogens with one attached hydrogen (secondary N) is 1. The van der Waals surface area contributed by atoms with Gasteiger partial charge in [-0.25, -0.2) is 9.78 Å². The second kappa shape index (κ2) is 7.05. The van der Waals surface area contributed by atoms with Gasteiger partial charge in [0, 0.05) is 3.57 Å². The minimum atomic E-state index is -0.529. The Bertz CT molecular complexity index is 878. The Labute approximate surface area is 149 Å². The number of para-hydroxylation sites is 1. The maximum atomic E-state index is 12.0. The third-order valence-corrected chi connectivity index (χ3v) is 4.78. The number of benzene rings is 2. The number of rotatable bonds is 4. The first-order valence-electron chi connectivity index (χ1n) is 6.68. The summed E-state index contributed by atoms with van der Waals surface area (Å²) in [6, 6.07) is 12.5. The largest absolute Gasteiger partial charge is 0.452 e. The van der Waals surface area contributed by atoms with Gasteiger partial charge < -0.3 is 10.1 Å². The molecule has 23 heavy (non-hydrogen) atoms. The van der Waals surface area contributed by atoms with Crippen LogP contribution >= 0.6 is 33.9 Å². The first kappa shape index (κ1) is 15.9. The molecule has 5 nitrogen and oxygen atoms in total. The zero-order valence-electron chi connectivity index (χ0n) is 11.8. The number of carbonyl (C=O) groups excluding carboxylic acids is 2. The number of ether oxygens (including phenoxy) is 1. The van der Waals surface area contributed by atoms with E-state index in [9.17, 15) is 9.59 Å². The molecule has 0 fully saturated rings. The van der Waals surface area contributed by atoms with Gasteiger partial charge in [0.15, 0.2) is 6.61 Å². The molecule has 3 aromatic rings. The molecule has 0 saturated heterocycles.